The first-order chi connectivity index (χ1) is 10.2. The van der Waals surface area contributed by atoms with E-state index in [9.17, 15) is 5.11 Å². The van der Waals surface area contributed by atoms with Gasteiger partial charge >= 0.3 is 0 Å². The normalized spacial score (nSPS) is 17.8. The van der Waals surface area contributed by atoms with Crippen LogP contribution in [0.2, 0.25) is 0 Å². The zero-order chi connectivity index (χ0) is 14.7. The maximum atomic E-state index is 10.7. The Balaban J connectivity index is 1.82. The first kappa shape index (κ1) is 14.3. The predicted molar refractivity (Wildman–Crippen MR) is 84.7 cm³/mol. The van der Waals surface area contributed by atoms with Gasteiger partial charge in [-0.05, 0) is 55.5 Å². The van der Waals surface area contributed by atoms with Crippen molar-refractivity contribution in [3.05, 3.63) is 36.0 Å². The molecule has 0 spiro atoms. The van der Waals surface area contributed by atoms with Gasteiger partial charge in [0.25, 0.3) is 0 Å². The van der Waals surface area contributed by atoms with E-state index in [1.165, 1.54) is 12.0 Å². The Morgan fingerprint density at radius 1 is 1.19 bits per heavy atom. The number of ether oxygens (including phenoxy) is 1. The number of methoxy groups -OCH3 is 1. The number of fused-ring (bicyclic) bond motifs is 1. The van der Waals surface area contributed by atoms with E-state index in [2.05, 4.69) is 11.1 Å². The van der Waals surface area contributed by atoms with Crippen LogP contribution in [0.15, 0.2) is 30.5 Å². The number of benzene rings is 1. The lowest BCUT2D eigenvalue weighted by Crippen LogP contribution is -2.31. The van der Waals surface area contributed by atoms with Crippen LogP contribution in [-0.4, -0.2) is 22.8 Å². The van der Waals surface area contributed by atoms with E-state index in [4.69, 9.17) is 4.74 Å². The minimum atomic E-state index is -0.466. The van der Waals surface area contributed by atoms with Crippen LogP contribution in [0, 0.1) is 0 Å². The first-order valence-electron chi connectivity index (χ1n) is 7.84. The quantitative estimate of drug-likeness (QED) is 0.927. The van der Waals surface area contributed by atoms with Crippen LogP contribution < -0.4 is 4.74 Å². The van der Waals surface area contributed by atoms with Crippen molar-refractivity contribution >= 4 is 10.9 Å². The molecule has 2 aromatic rings. The van der Waals surface area contributed by atoms with Gasteiger partial charge in [0.1, 0.15) is 5.75 Å². The van der Waals surface area contributed by atoms with Gasteiger partial charge in [-0.25, -0.2) is 0 Å². The molecule has 0 aliphatic heterocycles. The largest absolute Gasteiger partial charge is 0.497 e. The van der Waals surface area contributed by atoms with Crippen LogP contribution in [0.1, 0.15) is 44.1 Å². The minimum absolute atomic E-state index is 0.466. The molecule has 1 N–H and O–H groups in total. The van der Waals surface area contributed by atoms with Crippen molar-refractivity contribution in [2.45, 2.75) is 50.5 Å². The molecule has 1 fully saturated rings. The molecule has 1 aliphatic rings. The first-order valence-corrected chi connectivity index (χ1v) is 7.84. The smallest absolute Gasteiger partial charge is 0.119 e. The molecule has 112 valence electrons. The molecule has 0 radical (unpaired) electrons. The Hall–Kier alpha value is -1.61. The highest BCUT2D eigenvalue weighted by Gasteiger charge is 2.28. The lowest BCUT2D eigenvalue weighted by Gasteiger charge is -2.32. The van der Waals surface area contributed by atoms with Crippen LogP contribution in [0.25, 0.3) is 10.9 Å². The van der Waals surface area contributed by atoms with Crippen LogP contribution in [-0.2, 0) is 6.42 Å². The van der Waals surface area contributed by atoms with Gasteiger partial charge in [0.05, 0.1) is 18.2 Å². The third kappa shape index (κ3) is 3.18. The third-order valence-corrected chi connectivity index (χ3v) is 4.68. The summed E-state index contributed by atoms with van der Waals surface area (Å²) in [5.74, 6) is 0.855. The number of aliphatic hydroxyl groups is 1. The number of nitrogens with zero attached hydrogens (tertiary/aromatic N) is 1. The second-order valence-corrected chi connectivity index (χ2v) is 6.14. The summed E-state index contributed by atoms with van der Waals surface area (Å²) in [6, 6.07) is 8.04. The summed E-state index contributed by atoms with van der Waals surface area (Å²) < 4.78 is 5.31. The molecule has 1 aromatic carbocycles. The fraction of sp³-hybridized carbons (Fsp3) is 0.500. The highest BCUT2D eigenvalue weighted by Crippen LogP contribution is 2.33. The van der Waals surface area contributed by atoms with Gasteiger partial charge in [-0.1, -0.05) is 19.3 Å². The third-order valence-electron chi connectivity index (χ3n) is 4.68. The van der Waals surface area contributed by atoms with E-state index in [-0.39, 0.29) is 0 Å². The summed E-state index contributed by atoms with van der Waals surface area (Å²) in [5.41, 5.74) is 1.77. The van der Waals surface area contributed by atoms with E-state index >= 15 is 0 Å². The monoisotopic (exact) mass is 285 g/mol. The molecule has 3 heteroatoms. The van der Waals surface area contributed by atoms with E-state index in [0.717, 1.165) is 55.2 Å². The van der Waals surface area contributed by atoms with Gasteiger partial charge in [-0.2, -0.15) is 0 Å². The van der Waals surface area contributed by atoms with Gasteiger partial charge in [-0.15, -0.1) is 0 Å². The van der Waals surface area contributed by atoms with Crippen molar-refractivity contribution < 1.29 is 9.84 Å². The predicted octanol–water partition coefficient (Wildman–Crippen LogP) is 3.87. The molecule has 0 saturated heterocycles. The van der Waals surface area contributed by atoms with Crippen molar-refractivity contribution in [1.82, 2.24) is 4.98 Å². The van der Waals surface area contributed by atoms with Crippen molar-refractivity contribution in [3.63, 3.8) is 0 Å². The van der Waals surface area contributed by atoms with E-state index in [1.807, 2.05) is 24.4 Å². The second kappa shape index (κ2) is 6.02. The van der Waals surface area contributed by atoms with Crippen molar-refractivity contribution in [2.24, 2.45) is 0 Å². The van der Waals surface area contributed by atoms with Crippen LogP contribution >= 0.6 is 0 Å². The number of pyridine rings is 1. The van der Waals surface area contributed by atoms with Gasteiger partial charge in [-0.3, -0.25) is 4.98 Å². The average Bonchev–Trinajstić information content (AvgIpc) is 2.53. The lowest BCUT2D eigenvalue weighted by atomic mass is 9.81. The van der Waals surface area contributed by atoms with Crippen molar-refractivity contribution in [3.8, 4) is 5.75 Å². The van der Waals surface area contributed by atoms with Crippen LogP contribution in [0.5, 0.6) is 5.75 Å². The van der Waals surface area contributed by atoms with E-state index in [1.54, 1.807) is 7.11 Å². The number of aryl methyl sites for hydroxylation is 1. The maximum Gasteiger partial charge on any atom is 0.119 e. The van der Waals surface area contributed by atoms with E-state index in [0.29, 0.717) is 0 Å². The SMILES string of the molecule is COc1ccc2nccc(CCC3(O)CCCCC3)c2c1. The molecule has 1 aromatic heterocycles. The zero-order valence-electron chi connectivity index (χ0n) is 12.6. The lowest BCUT2D eigenvalue weighted by molar-refractivity contribution is -0.00335. The van der Waals surface area contributed by atoms with Gasteiger partial charge < -0.3 is 9.84 Å². The van der Waals surface area contributed by atoms with Crippen molar-refractivity contribution in [1.29, 1.82) is 0 Å². The Kier molecular flexibility index (Phi) is 4.11. The Bertz CT molecular complexity index is 618. The molecule has 3 rings (SSSR count). The highest BCUT2D eigenvalue weighted by molar-refractivity contribution is 5.83. The van der Waals surface area contributed by atoms with Crippen LogP contribution in [0.3, 0.4) is 0 Å². The number of rotatable bonds is 4. The summed E-state index contributed by atoms with van der Waals surface area (Å²) in [6.07, 6.45) is 9.04. The molecule has 3 nitrogen and oxygen atoms in total. The molecule has 0 bridgehead atoms. The summed E-state index contributed by atoms with van der Waals surface area (Å²) in [4.78, 5) is 4.41. The molecule has 21 heavy (non-hydrogen) atoms. The average molecular weight is 285 g/mol. The fourth-order valence-electron chi connectivity index (χ4n) is 3.35. The molecule has 0 atom stereocenters. The summed E-state index contributed by atoms with van der Waals surface area (Å²) in [5, 5.41) is 11.8. The number of hydrogen-bond donors (Lipinski definition) is 1. The summed E-state index contributed by atoms with van der Waals surface area (Å²) in [7, 11) is 1.68. The van der Waals surface area contributed by atoms with Crippen LogP contribution in [0.4, 0.5) is 0 Å². The topological polar surface area (TPSA) is 42.4 Å². The minimum Gasteiger partial charge on any atom is -0.497 e. The van der Waals surface area contributed by atoms with E-state index < -0.39 is 5.60 Å². The molecule has 1 heterocycles. The molecule has 0 amide bonds. The Labute approximate surface area is 126 Å². The van der Waals surface area contributed by atoms with Gasteiger partial charge in [0, 0.05) is 11.6 Å². The Morgan fingerprint density at radius 2 is 2.00 bits per heavy atom. The molecule has 0 unspecified atom stereocenters. The summed E-state index contributed by atoms with van der Waals surface area (Å²) >= 11 is 0. The van der Waals surface area contributed by atoms with Gasteiger partial charge in [0.2, 0.25) is 0 Å². The highest BCUT2D eigenvalue weighted by atomic mass is 16.5. The fourth-order valence-corrected chi connectivity index (χ4v) is 3.35. The van der Waals surface area contributed by atoms with Gasteiger partial charge in [0.15, 0.2) is 0 Å². The summed E-state index contributed by atoms with van der Waals surface area (Å²) in [6.45, 7) is 0. The van der Waals surface area contributed by atoms with Crippen molar-refractivity contribution in [2.75, 3.05) is 7.11 Å². The standard InChI is InChI=1S/C18H23NO2/c1-21-15-5-6-17-16(13-15)14(8-12-19-17)7-11-18(20)9-3-2-4-10-18/h5-6,8,12-13,20H,2-4,7,9-11H2,1H3. The maximum absolute atomic E-state index is 10.7. The number of aromatic nitrogens is 1. The molecular weight excluding hydrogens is 262 g/mol. The molecule has 1 aliphatic carbocycles. The zero-order valence-corrected chi connectivity index (χ0v) is 12.6. The molecule has 1 saturated carbocycles. The Morgan fingerprint density at radius 3 is 2.76 bits per heavy atom. The number of hydrogen-bond acceptors (Lipinski definition) is 3. The second-order valence-electron chi connectivity index (χ2n) is 6.14. The molecular formula is C18H23NO2.